The number of ketones is 1. The Bertz CT molecular complexity index is 641. The van der Waals surface area contributed by atoms with Gasteiger partial charge in [-0.1, -0.05) is 38.7 Å². The first-order chi connectivity index (χ1) is 13.9. The molecule has 2 fully saturated rings. The molecule has 3 heteroatoms. The van der Waals surface area contributed by atoms with E-state index in [-0.39, 0.29) is 17.3 Å². The number of rotatable bonds is 5. The van der Waals surface area contributed by atoms with Gasteiger partial charge in [0.25, 0.3) is 0 Å². The molecule has 0 aromatic carbocycles. The van der Waals surface area contributed by atoms with Crippen molar-refractivity contribution < 1.29 is 15.0 Å². The third kappa shape index (κ3) is 5.21. The first-order valence-corrected chi connectivity index (χ1v) is 12.6. The monoisotopic (exact) mass is 418 g/mol. The van der Waals surface area contributed by atoms with E-state index in [1.54, 1.807) is 0 Å². The lowest BCUT2D eigenvalue weighted by molar-refractivity contribution is -0.118. The van der Waals surface area contributed by atoms with Crippen LogP contribution in [0.5, 0.6) is 0 Å². The summed E-state index contributed by atoms with van der Waals surface area (Å²) >= 11 is 0. The summed E-state index contributed by atoms with van der Waals surface area (Å²) in [5.74, 6) is 1.75. The molecule has 3 rings (SSSR count). The topological polar surface area (TPSA) is 57.5 Å². The summed E-state index contributed by atoms with van der Waals surface area (Å²) in [5, 5.41) is 21.6. The highest BCUT2D eigenvalue weighted by atomic mass is 16.3. The minimum atomic E-state index is -0.713. The molecule has 0 saturated heterocycles. The van der Waals surface area contributed by atoms with Crippen molar-refractivity contribution in [1.82, 2.24) is 0 Å². The van der Waals surface area contributed by atoms with Gasteiger partial charge in [-0.25, -0.2) is 0 Å². The summed E-state index contributed by atoms with van der Waals surface area (Å²) in [6, 6.07) is 0. The van der Waals surface area contributed by atoms with Gasteiger partial charge in [0, 0.05) is 5.92 Å². The Morgan fingerprint density at radius 2 is 1.70 bits per heavy atom. The Labute approximate surface area is 184 Å². The Balaban J connectivity index is 1.81. The molecule has 0 heterocycles. The SMILES string of the molecule is CC1CCCCCC2CCC3(C)C(CCC3C(C)(O)CCCC(C)(C)O)/C2=C/C1=O. The van der Waals surface area contributed by atoms with E-state index in [0.717, 1.165) is 51.4 Å². The third-order valence-electron chi connectivity index (χ3n) is 8.95. The van der Waals surface area contributed by atoms with Gasteiger partial charge in [0.05, 0.1) is 11.2 Å². The maximum atomic E-state index is 12.9. The predicted octanol–water partition coefficient (Wildman–Crippen LogP) is 6.22. The summed E-state index contributed by atoms with van der Waals surface area (Å²) in [4.78, 5) is 12.9. The largest absolute Gasteiger partial charge is 0.390 e. The van der Waals surface area contributed by atoms with Crippen LogP contribution in [0.4, 0.5) is 0 Å². The number of aliphatic hydroxyl groups is 2. The molecule has 6 unspecified atom stereocenters. The minimum absolute atomic E-state index is 0.0776. The van der Waals surface area contributed by atoms with Gasteiger partial charge in [-0.3, -0.25) is 4.79 Å². The van der Waals surface area contributed by atoms with Crippen LogP contribution in [-0.2, 0) is 4.79 Å². The first-order valence-electron chi connectivity index (χ1n) is 12.6. The number of fused-ring (bicyclic) bond motifs is 3. The van der Waals surface area contributed by atoms with Crippen LogP contribution in [-0.4, -0.2) is 27.2 Å². The Morgan fingerprint density at radius 1 is 1.00 bits per heavy atom. The van der Waals surface area contributed by atoms with Crippen LogP contribution in [0.25, 0.3) is 0 Å². The zero-order valence-corrected chi connectivity index (χ0v) is 20.2. The molecule has 0 aromatic rings. The highest BCUT2D eigenvalue weighted by molar-refractivity contribution is 5.92. The van der Waals surface area contributed by atoms with Gasteiger partial charge in [-0.15, -0.1) is 0 Å². The average molecular weight is 419 g/mol. The molecule has 172 valence electrons. The van der Waals surface area contributed by atoms with Crippen molar-refractivity contribution in [2.24, 2.45) is 29.1 Å². The molecule has 2 saturated carbocycles. The molecule has 0 aromatic heterocycles. The number of carbonyl (C=O) groups is 1. The van der Waals surface area contributed by atoms with E-state index in [0.29, 0.717) is 17.6 Å². The maximum absolute atomic E-state index is 12.9. The van der Waals surface area contributed by atoms with Gasteiger partial charge < -0.3 is 10.2 Å². The summed E-state index contributed by atoms with van der Waals surface area (Å²) in [6.07, 6.45) is 14.8. The van der Waals surface area contributed by atoms with E-state index in [4.69, 9.17) is 0 Å². The Kier molecular flexibility index (Phi) is 7.24. The van der Waals surface area contributed by atoms with Crippen LogP contribution in [0.15, 0.2) is 11.6 Å². The van der Waals surface area contributed by atoms with Crippen molar-refractivity contribution in [2.45, 2.75) is 123 Å². The van der Waals surface area contributed by atoms with Crippen LogP contribution < -0.4 is 0 Å². The number of carbonyl (C=O) groups excluding carboxylic acids is 1. The predicted molar refractivity (Wildman–Crippen MR) is 123 cm³/mol. The molecule has 0 radical (unpaired) electrons. The van der Waals surface area contributed by atoms with E-state index in [2.05, 4.69) is 19.9 Å². The Hall–Kier alpha value is -0.670. The molecule has 0 aliphatic heterocycles. The molecular formula is C27H46O3. The molecule has 3 nitrogen and oxygen atoms in total. The van der Waals surface area contributed by atoms with Crippen LogP contribution in [0.1, 0.15) is 112 Å². The van der Waals surface area contributed by atoms with Crippen LogP contribution in [0.2, 0.25) is 0 Å². The van der Waals surface area contributed by atoms with Gasteiger partial charge >= 0.3 is 0 Å². The zero-order chi connectivity index (χ0) is 22.2. The van der Waals surface area contributed by atoms with Crippen molar-refractivity contribution in [3.8, 4) is 0 Å². The molecule has 0 spiro atoms. The second-order valence-corrected chi connectivity index (χ2v) is 12.0. The van der Waals surface area contributed by atoms with Crippen molar-refractivity contribution in [2.75, 3.05) is 0 Å². The van der Waals surface area contributed by atoms with Crippen molar-refractivity contribution in [1.29, 1.82) is 0 Å². The molecule has 6 atom stereocenters. The molecule has 30 heavy (non-hydrogen) atoms. The fourth-order valence-electron chi connectivity index (χ4n) is 7.14. The lowest BCUT2D eigenvalue weighted by Gasteiger charge is -2.49. The Morgan fingerprint density at radius 3 is 2.40 bits per heavy atom. The molecule has 2 N–H and O–H groups in total. The van der Waals surface area contributed by atoms with Crippen LogP contribution >= 0.6 is 0 Å². The quantitative estimate of drug-likeness (QED) is 0.557. The average Bonchev–Trinajstić information content (AvgIpc) is 2.99. The number of hydrogen-bond donors (Lipinski definition) is 2. The fraction of sp³-hybridized carbons (Fsp3) is 0.889. The highest BCUT2D eigenvalue weighted by Gasteiger charge is 2.56. The van der Waals surface area contributed by atoms with Gasteiger partial charge in [-0.05, 0) is 108 Å². The molecule has 0 amide bonds. The molecule has 0 bridgehead atoms. The van der Waals surface area contributed by atoms with Gasteiger partial charge in [0.15, 0.2) is 5.78 Å². The third-order valence-corrected chi connectivity index (χ3v) is 8.95. The second kappa shape index (κ2) is 9.06. The zero-order valence-electron chi connectivity index (χ0n) is 20.2. The highest BCUT2D eigenvalue weighted by Crippen LogP contribution is 2.62. The number of hydrogen-bond acceptors (Lipinski definition) is 3. The van der Waals surface area contributed by atoms with Crippen molar-refractivity contribution in [3.63, 3.8) is 0 Å². The van der Waals surface area contributed by atoms with Crippen LogP contribution in [0.3, 0.4) is 0 Å². The minimum Gasteiger partial charge on any atom is -0.390 e. The standard InChI is InChI=1S/C27H46O3/c1-19-10-7-6-8-11-20-14-17-26(4)22(21(20)18-23(19)28)12-13-24(26)27(5,30)16-9-15-25(2,3)29/h18-20,22,24,29-30H,6-17H2,1-5H3/b21-18+. The molecule has 3 aliphatic carbocycles. The summed E-state index contributed by atoms with van der Waals surface area (Å²) < 4.78 is 0. The van der Waals surface area contributed by atoms with Gasteiger partial charge in [-0.2, -0.15) is 0 Å². The van der Waals surface area contributed by atoms with E-state index >= 15 is 0 Å². The lowest BCUT2D eigenvalue weighted by Crippen LogP contribution is -2.46. The van der Waals surface area contributed by atoms with Crippen molar-refractivity contribution in [3.05, 3.63) is 11.6 Å². The first kappa shape index (κ1) is 24.0. The maximum Gasteiger partial charge on any atom is 0.158 e. The number of allylic oxidation sites excluding steroid dienone is 2. The van der Waals surface area contributed by atoms with E-state index < -0.39 is 11.2 Å². The smallest absolute Gasteiger partial charge is 0.158 e. The van der Waals surface area contributed by atoms with Crippen LogP contribution in [0, 0.1) is 29.1 Å². The molecule has 3 aliphatic rings. The summed E-state index contributed by atoms with van der Waals surface area (Å²) in [5.41, 5.74) is 0.120. The normalized spacial score (nSPS) is 39.4. The summed E-state index contributed by atoms with van der Waals surface area (Å²) in [7, 11) is 0. The van der Waals surface area contributed by atoms with E-state index in [1.165, 1.54) is 31.3 Å². The van der Waals surface area contributed by atoms with E-state index in [1.807, 2.05) is 20.8 Å². The second-order valence-electron chi connectivity index (χ2n) is 12.0. The van der Waals surface area contributed by atoms with Gasteiger partial charge in [0.1, 0.15) is 0 Å². The van der Waals surface area contributed by atoms with E-state index in [9.17, 15) is 15.0 Å². The summed E-state index contributed by atoms with van der Waals surface area (Å²) in [6.45, 7) is 10.2. The lowest BCUT2D eigenvalue weighted by atomic mass is 9.56. The van der Waals surface area contributed by atoms with Crippen molar-refractivity contribution >= 4 is 5.78 Å². The van der Waals surface area contributed by atoms with Gasteiger partial charge in [0.2, 0.25) is 0 Å². The fourth-order valence-corrected chi connectivity index (χ4v) is 7.14. The molecular weight excluding hydrogens is 372 g/mol.